The van der Waals surface area contributed by atoms with Crippen LogP contribution in [0.15, 0.2) is 48.5 Å². The second kappa shape index (κ2) is 5.52. The van der Waals surface area contributed by atoms with Gasteiger partial charge in [-0.25, -0.2) is 0 Å². The molecule has 0 spiro atoms. The van der Waals surface area contributed by atoms with Crippen LogP contribution in [0.25, 0.3) is 0 Å². The molecule has 2 rings (SSSR count). The van der Waals surface area contributed by atoms with E-state index in [2.05, 4.69) is 0 Å². The van der Waals surface area contributed by atoms with E-state index in [1.54, 1.807) is 24.3 Å². The molecule has 0 aliphatic rings. The van der Waals surface area contributed by atoms with Gasteiger partial charge in [-0.3, -0.25) is 4.39 Å². The van der Waals surface area contributed by atoms with Gasteiger partial charge in [0.1, 0.15) is 6.67 Å². The number of benzene rings is 2. The second-order valence-corrected chi connectivity index (χ2v) is 4.68. The summed E-state index contributed by atoms with van der Waals surface area (Å²) < 4.78 is 13.2. The zero-order chi connectivity index (χ0) is 12.3. The van der Waals surface area contributed by atoms with Crippen LogP contribution in [0.4, 0.5) is 4.39 Å². The number of halogens is 3. The second-order valence-electron chi connectivity index (χ2n) is 3.81. The molecule has 0 saturated heterocycles. The molecular formula is C14H11Cl2F. The number of hydrogen-bond donors (Lipinski definition) is 0. The van der Waals surface area contributed by atoms with E-state index in [0.29, 0.717) is 10.0 Å². The fraction of sp³-hybridized carbons (Fsp3) is 0.143. The van der Waals surface area contributed by atoms with Gasteiger partial charge in [0.05, 0.1) is 0 Å². The molecule has 0 heterocycles. The molecule has 88 valence electrons. The predicted octanol–water partition coefficient (Wildman–Crippen LogP) is 5.09. The average Bonchev–Trinajstić information content (AvgIpc) is 2.35. The minimum absolute atomic E-state index is 0.260. The van der Waals surface area contributed by atoms with Crippen LogP contribution >= 0.6 is 23.2 Å². The molecule has 0 bridgehead atoms. The Morgan fingerprint density at radius 1 is 0.765 bits per heavy atom. The summed E-state index contributed by atoms with van der Waals surface area (Å²) >= 11 is 11.6. The summed E-state index contributed by atoms with van der Waals surface area (Å²) in [6, 6.07) is 14.5. The summed E-state index contributed by atoms with van der Waals surface area (Å²) in [7, 11) is 0. The van der Waals surface area contributed by atoms with Crippen LogP contribution < -0.4 is 0 Å². The van der Waals surface area contributed by atoms with Crippen molar-refractivity contribution in [2.24, 2.45) is 0 Å². The van der Waals surface area contributed by atoms with Gasteiger partial charge in [-0.05, 0) is 35.4 Å². The minimum Gasteiger partial charge on any atom is -0.250 e. The van der Waals surface area contributed by atoms with Crippen molar-refractivity contribution in [2.45, 2.75) is 5.92 Å². The molecular weight excluding hydrogens is 258 g/mol. The summed E-state index contributed by atoms with van der Waals surface area (Å²) in [6.45, 7) is -0.441. The van der Waals surface area contributed by atoms with E-state index < -0.39 is 6.67 Å². The molecule has 0 saturated carbocycles. The van der Waals surface area contributed by atoms with Gasteiger partial charge >= 0.3 is 0 Å². The molecule has 3 heteroatoms. The largest absolute Gasteiger partial charge is 0.250 e. The molecule has 0 aliphatic heterocycles. The number of hydrogen-bond acceptors (Lipinski definition) is 0. The zero-order valence-corrected chi connectivity index (χ0v) is 10.5. The lowest BCUT2D eigenvalue weighted by Gasteiger charge is -2.14. The first-order valence-corrected chi connectivity index (χ1v) is 6.03. The van der Waals surface area contributed by atoms with Crippen LogP contribution in [0, 0.1) is 0 Å². The van der Waals surface area contributed by atoms with E-state index in [1.807, 2.05) is 24.3 Å². The topological polar surface area (TPSA) is 0 Å². The Balaban J connectivity index is 2.33. The van der Waals surface area contributed by atoms with Gasteiger partial charge in [-0.1, -0.05) is 47.5 Å². The fourth-order valence-corrected chi connectivity index (χ4v) is 2.01. The van der Waals surface area contributed by atoms with E-state index in [0.717, 1.165) is 11.1 Å². The summed E-state index contributed by atoms with van der Waals surface area (Å²) in [6.07, 6.45) is 0. The smallest absolute Gasteiger partial charge is 0.100 e. The van der Waals surface area contributed by atoms with Crippen molar-refractivity contribution < 1.29 is 4.39 Å². The first-order chi connectivity index (χ1) is 8.20. The Hall–Kier alpha value is -1.05. The van der Waals surface area contributed by atoms with E-state index in [4.69, 9.17) is 23.2 Å². The quantitative estimate of drug-likeness (QED) is 0.727. The zero-order valence-electron chi connectivity index (χ0n) is 9.04. The third kappa shape index (κ3) is 2.99. The summed E-state index contributed by atoms with van der Waals surface area (Å²) in [5.41, 5.74) is 1.83. The van der Waals surface area contributed by atoms with Crippen LogP contribution in [0.5, 0.6) is 0 Å². The molecule has 0 fully saturated rings. The molecule has 2 aromatic rings. The molecule has 0 nitrogen and oxygen atoms in total. The standard InChI is InChI=1S/C14H11Cl2F/c15-12-5-1-10(2-6-12)14(9-17)11-3-7-13(16)8-4-11/h1-8,14H,9H2. The molecule has 0 aliphatic carbocycles. The molecule has 0 unspecified atom stereocenters. The van der Waals surface area contributed by atoms with Crippen LogP contribution in [0.1, 0.15) is 17.0 Å². The molecule has 0 atom stereocenters. The third-order valence-corrected chi connectivity index (χ3v) is 3.20. The van der Waals surface area contributed by atoms with Crippen LogP contribution in [0.3, 0.4) is 0 Å². The van der Waals surface area contributed by atoms with Gasteiger partial charge in [-0.15, -0.1) is 0 Å². The van der Waals surface area contributed by atoms with Gasteiger partial charge in [0.15, 0.2) is 0 Å². The summed E-state index contributed by atoms with van der Waals surface area (Å²) in [5.74, 6) is -0.260. The van der Waals surface area contributed by atoms with Crippen LogP contribution in [-0.4, -0.2) is 6.67 Å². The molecule has 17 heavy (non-hydrogen) atoms. The van der Waals surface area contributed by atoms with Crippen molar-refractivity contribution in [3.05, 3.63) is 69.7 Å². The molecule has 0 radical (unpaired) electrons. The predicted molar refractivity (Wildman–Crippen MR) is 70.7 cm³/mol. The Kier molecular flexibility index (Phi) is 4.03. The van der Waals surface area contributed by atoms with Gasteiger partial charge in [0, 0.05) is 16.0 Å². The Morgan fingerprint density at radius 2 is 1.12 bits per heavy atom. The van der Waals surface area contributed by atoms with E-state index in [9.17, 15) is 4.39 Å². The van der Waals surface area contributed by atoms with Crippen molar-refractivity contribution in [2.75, 3.05) is 6.67 Å². The first-order valence-electron chi connectivity index (χ1n) is 5.27. The summed E-state index contributed by atoms with van der Waals surface area (Å²) in [5, 5.41) is 1.31. The molecule has 0 amide bonds. The Bertz CT molecular complexity index is 431. The monoisotopic (exact) mass is 268 g/mol. The van der Waals surface area contributed by atoms with Crippen molar-refractivity contribution in [1.82, 2.24) is 0 Å². The van der Waals surface area contributed by atoms with E-state index in [1.165, 1.54) is 0 Å². The maximum atomic E-state index is 13.2. The lowest BCUT2D eigenvalue weighted by atomic mass is 9.93. The number of alkyl halides is 1. The van der Waals surface area contributed by atoms with Gasteiger partial charge in [0.2, 0.25) is 0 Å². The highest BCUT2D eigenvalue weighted by atomic mass is 35.5. The van der Waals surface area contributed by atoms with Crippen molar-refractivity contribution in [1.29, 1.82) is 0 Å². The molecule has 0 aromatic heterocycles. The van der Waals surface area contributed by atoms with E-state index in [-0.39, 0.29) is 5.92 Å². The first kappa shape index (κ1) is 12.4. The highest BCUT2D eigenvalue weighted by molar-refractivity contribution is 6.30. The molecule has 0 N–H and O–H groups in total. The Morgan fingerprint density at radius 3 is 1.41 bits per heavy atom. The summed E-state index contributed by atoms with van der Waals surface area (Å²) in [4.78, 5) is 0. The van der Waals surface area contributed by atoms with Gasteiger partial charge in [0.25, 0.3) is 0 Å². The Labute approximate surface area is 110 Å². The average molecular weight is 269 g/mol. The van der Waals surface area contributed by atoms with Gasteiger partial charge in [-0.2, -0.15) is 0 Å². The highest BCUT2D eigenvalue weighted by Crippen LogP contribution is 2.27. The lowest BCUT2D eigenvalue weighted by molar-refractivity contribution is 0.461. The molecule has 2 aromatic carbocycles. The normalized spacial score (nSPS) is 10.8. The maximum absolute atomic E-state index is 13.2. The van der Waals surface area contributed by atoms with Gasteiger partial charge < -0.3 is 0 Å². The van der Waals surface area contributed by atoms with Crippen molar-refractivity contribution in [3.63, 3.8) is 0 Å². The van der Waals surface area contributed by atoms with Crippen LogP contribution in [0.2, 0.25) is 10.0 Å². The van der Waals surface area contributed by atoms with Crippen molar-refractivity contribution in [3.8, 4) is 0 Å². The minimum atomic E-state index is -0.441. The third-order valence-electron chi connectivity index (χ3n) is 2.70. The lowest BCUT2D eigenvalue weighted by Crippen LogP contribution is -2.02. The number of rotatable bonds is 3. The van der Waals surface area contributed by atoms with Crippen LogP contribution in [-0.2, 0) is 0 Å². The SMILES string of the molecule is FCC(c1ccc(Cl)cc1)c1ccc(Cl)cc1. The van der Waals surface area contributed by atoms with Crippen molar-refractivity contribution >= 4 is 23.2 Å². The fourth-order valence-electron chi connectivity index (χ4n) is 1.76. The maximum Gasteiger partial charge on any atom is 0.100 e. The highest BCUT2D eigenvalue weighted by Gasteiger charge is 2.13. The van der Waals surface area contributed by atoms with E-state index >= 15 is 0 Å².